The van der Waals surface area contributed by atoms with Gasteiger partial charge in [0.2, 0.25) is 0 Å². The first-order chi connectivity index (χ1) is 31.6. The molecule has 62 heavy (non-hydrogen) atoms. The predicted molar refractivity (Wildman–Crippen MR) is 266 cm³/mol. The SMILES string of the molecule is [2H]c1cc(N(c2ccc(C(C)(C)C)cc2)c2ccc3c(c2)Sc2cc(-c4ccc(C(C)(C)C)cc4)cc4c2B3c2c(c3oc5ccccc5c3c3c2sc2ccccc23)O4)c([2H])c([2H])c1[2H]. The largest absolute Gasteiger partial charge is 0.454 e. The van der Waals surface area contributed by atoms with Crippen LogP contribution in [0.2, 0.25) is 0 Å². The van der Waals surface area contributed by atoms with Gasteiger partial charge in [0, 0.05) is 57.8 Å². The smallest absolute Gasteiger partial charge is 0.255 e. The molecule has 0 aliphatic carbocycles. The fraction of sp³-hybridized carbons (Fsp3) is 0.143. The van der Waals surface area contributed by atoms with Gasteiger partial charge in [-0.15, -0.1) is 11.3 Å². The Balaban J connectivity index is 1.13. The molecule has 0 saturated heterocycles. The first kappa shape index (κ1) is 33.4. The van der Waals surface area contributed by atoms with Crippen LogP contribution in [0.4, 0.5) is 17.1 Å². The summed E-state index contributed by atoms with van der Waals surface area (Å²) in [4.78, 5) is 4.13. The zero-order valence-electron chi connectivity index (χ0n) is 39.4. The monoisotopic (exact) mass is 841 g/mol. The molecule has 0 saturated carbocycles. The standard InChI is InChI=1S/C56H44BNO2S2/c1-55(2,3)35-22-20-33(21-23-35)34-30-44-50-47(31-34)61-46-32-39(58(37-14-8-7-9-15-37)38-26-24-36(25-27-38)56(4,5)6)28-29-42(46)57(50)51-53(60-44)52-48(40-16-10-12-18-43(40)59-52)49-41-17-11-13-19-45(41)62-54(49)51/h7-32H,1-6H3/i7D,8D,9D,14D. The van der Waals surface area contributed by atoms with Crippen molar-refractivity contribution in [3.05, 3.63) is 169 Å². The van der Waals surface area contributed by atoms with E-state index in [1.165, 1.54) is 31.3 Å². The summed E-state index contributed by atoms with van der Waals surface area (Å²) in [6, 6.07) is 46.0. The van der Waals surface area contributed by atoms with E-state index in [-0.39, 0.29) is 41.7 Å². The number of rotatable bonds is 4. The molecule has 0 amide bonds. The lowest BCUT2D eigenvalue weighted by Gasteiger charge is -2.34. The highest BCUT2D eigenvalue weighted by molar-refractivity contribution is 8.00. The summed E-state index contributed by atoms with van der Waals surface area (Å²) in [6.07, 6.45) is 0. The third-order valence-electron chi connectivity index (χ3n) is 12.7. The number of ether oxygens (including phenoxy) is 1. The van der Waals surface area contributed by atoms with Gasteiger partial charge in [-0.2, -0.15) is 0 Å². The second-order valence-corrected chi connectivity index (χ2v) is 20.7. The molecule has 6 heteroatoms. The van der Waals surface area contributed by atoms with Crippen molar-refractivity contribution >= 4 is 105 Å². The predicted octanol–water partition coefficient (Wildman–Crippen LogP) is 14.8. The van der Waals surface area contributed by atoms with Crippen LogP contribution in [0.15, 0.2) is 172 Å². The fourth-order valence-corrected chi connectivity index (χ4v) is 12.0. The van der Waals surface area contributed by atoms with Gasteiger partial charge in [-0.1, -0.05) is 156 Å². The Morgan fingerprint density at radius 2 is 1.31 bits per heavy atom. The van der Waals surface area contributed by atoms with Crippen molar-refractivity contribution in [2.75, 3.05) is 4.90 Å². The lowest BCUT2D eigenvalue weighted by molar-refractivity contribution is 0.480. The van der Waals surface area contributed by atoms with Crippen molar-refractivity contribution in [2.24, 2.45) is 0 Å². The minimum Gasteiger partial charge on any atom is -0.454 e. The highest BCUT2D eigenvalue weighted by atomic mass is 32.2. The number of hydrogen-bond acceptors (Lipinski definition) is 5. The third kappa shape index (κ3) is 5.80. The zero-order chi connectivity index (χ0) is 45.6. The van der Waals surface area contributed by atoms with E-state index in [1.807, 2.05) is 28.4 Å². The van der Waals surface area contributed by atoms with Gasteiger partial charge >= 0.3 is 0 Å². The number of benzene rings is 8. The summed E-state index contributed by atoms with van der Waals surface area (Å²) in [7, 11) is 0. The molecular formula is C56H44BNO2S2. The quantitative estimate of drug-likeness (QED) is 0.165. The molecule has 0 bridgehead atoms. The van der Waals surface area contributed by atoms with Crippen LogP contribution in [0.3, 0.4) is 0 Å². The highest BCUT2D eigenvalue weighted by Gasteiger charge is 2.43. The van der Waals surface area contributed by atoms with E-state index < -0.39 is 0 Å². The topological polar surface area (TPSA) is 25.6 Å². The molecule has 2 aromatic heterocycles. The van der Waals surface area contributed by atoms with Gasteiger partial charge in [0.25, 0.3) is 6.71 Å². The van der Waals surface area contributed by atoms with E-state index in [0.717, 1.165) is 82.1 Å². The maximum Gasteiger partial charge on any atom is 0.255 e. The maximum atomic E-state index is 9.18. The summed E-state index contributed by atoms with van der Waals surface area (Å²) in [5.74, 6) is 1.55. The first-order valence-electron chi connectivity index (χ1n) is 23.2. The molecule has 10 aromatic rings. The molecule has 2 aliphatic rings. The molecule has 300 valence electrons. The van der Waals surface area contributed by atoms with Gasteiger partial charge in [0.05, 0.1) is 5.48 Å². The summed E-state index contributed by atoms with van der Waals surface area (Å²) < 4.78 is 51.6. The fourth-order valence-electron chi connectivity index (χ4n) is 9.51. The second-order valence-electron chi connectivity index (χ2n) is 18.6. The normalized spacial score (nSPS) is 14.3. The first-order valence-corrected chi connectivity index (χ1v) is 22.8. The molecule has 0 radical (unpaired) electrons. The zero-order valence-corrected chi connectivity index (χ0v) is 37.0. The van der Waals surface area contributed by atoms with Crippen LogP contribution >= 0.6 is 23.1 Å². The van der Waals surface area contributed by atoms with E-state index in [2.05, 4.69) is 157 Å². The van der Waals surface area contributed by atoms with Crippen molar-refractivity contribution in [2.45, 2.75) is 62.2 Å². The van der Waals surface area contributed by atoms with Gasteiger partial charge < -0.3 is 14.1 Å². The van der Waals surface area contributed by atoms with Crippen LogP contribution in [-0.4, -0.2) is 6.71 Å². The Kier molecular flexibility index (Phi) is 7.36. The molecule has 0 atom stereocenters. The Bertz CT molecular complexity index is 3680. The maximum absolute atomic E-state index is 9.18. The summed E-state index contributed by atoms with van der Waals surface area (Å²) in [5.41, 5.74) is 11.4. The highest BCUT2D eigenvalue weighted by Crippen LogP contribution is 2.50. The summed E-state index contributed by atoms with van der Waals surface area (Å²) in [5, 5.41) is 4.50. The van der Waals surface area contributed by atoms with Crippen LogP contribution in [0.5, 0.6) is 11.5 Å². The molecule has 2 aliphatic heterocycles. The average Bonchev–Trinajstić information content (AvgIpc) is 3.88. The van der Waals surface area contributed by atoms with Crippen LogP contribution in [0.1, 0.15) is 58.2 Å². The van der Waals surface area contributed by atoms with Gasteiger partial charge in [0.15, 0.2) is 11.3 Å². The molecule has 8 aromatic carbocycles. The average molecular weight is 842 g/mol. The van der Waals surface area contributed by atoms with E-state index >= 15 is 0 Å². The molecule has 3 nitrogen and oxygen atoms in total. The molecule has 4 heterocycles. The number of nitrogens with zero attached hydrogens (tertiary/aromatic N) is 1. The number of fused-ring (bicyclic) bond motifs is 13. The van der Waals surface area contributed by atoms with Crippen LogP contribution in [-0.2, 0) is 10.8 Å². The number of para-hydroxylation sites is 2. The number of furan rings is 1. The Hall–Kier alpha value is -6.21. The molecule has 0 N–H and O–H groups in total. The lowest BCUT2D eigenvalue weighted by Crippen LogP contribution is -2.57. The van der Waals surface area contributed by atoms with E-state index in [4.69, 9.17) is 13.3 Å². The molecule has 0 unspecified atom stereocenters. The molecule has 0 spiro atoms. The minimum absolute atomic E-state index is 0.0184. The van der Waals surface area contributed by atoms with Crippen molar-refractivity contribution in [3.63, 3.8) is 0 Å². The Morgan fingerprint density at radius 3 is 2.08 bits per heavy atom. The van der Waals surface area contributed by atoms with E-state index in [0.29, 0.717) is 5.69 Å². The second kappa shape index (κ2) is 13.6. The van der Waals surface area contributed by atoms with E-state index in [9.17, 15) is 1.37 Å². The van der Waals surface area contributed by atoms with Gasteiger partial charge in [-0.3, -0.25) is 0 Å². The Morgan fingerprint density at radius 1 is 0.597 bits per heavy atom. The van der Waals surface area contributed by atoms with Gasteiger partial charge in [0.1, 0.15) is 11.3 Å². The molecule has 12 rings (SSSR count). The molecule has 0 fully saturated rings. The van der Waals surface area contributed by atoms with Crippen molar-refractivity contribution < 1.29 is 14.6 Å². The number of hydrogen-bond donors (Lipinski definition) is 0. The van der Waals surface area contributed by atoms with Gasteiger partial charge in [-0.25, -0.2) is 0 Å². The van der Waals surface area contributed by atoms with Gasteiger partial charge in [-0.05, 0) is 105 Å². The van der Waals surface area contributed by atoms with Crippen LogP contribution in [0, 0.1) is 0 Å². The Labute approximate surface area is 376 Å². The van der Waals surface area contributed by atoms with Crippen molar-refractivity contribution in [3.8, 4) is 22.6 Å². The third-order valence-corrected chi connectivity index (χ3v) is 15.0. The summed E-state index contributed by atoms with van der Waals surface area (Å²) >= 11 is 3.53. The lowest BCUT2D eigenvalue weighted by atomic mass is 9.35. The van der Waals surface area contributed by atoms with Crippen LogP contribution < -0.4 is 26.0 Å². The van der Waals surface area contributed by atoms with E-state index in [1.54, 1.807) is 17.8 Å². The van der Waals surface area contributed by atoms with Crippen LogP contribution in [0.25, 0.3) is 53.2 Å². The van der Waals surface area contributed by atoms with Crippen molar-refractivity contribution in [1.29, 1.82) is 0 Å². The minimum atomic E-state index is -0.270. The number of thiophene rings is 1. The van der Waals surface area contributed by atoms with Crippen molar-refractivity contribution in [1.82, 2.24) is 0 Å². The summed E-state index contributed by atoms with van der Waals surface area (Å²) in [6.45, 7) is 13.1. The molecular weight excluding hydrogens is 794 g/mol. The number of anilines is 3.